The lowest BCUT2D eigenvalue weighted by molar-refractivity contribution is -0.140. The predicted molar refractivity (Wildman–Crippen MR) is 112 cm³/mol. The lowest BCUT2D eigenvalue weighted by atomic mass is 9.80. The largest absolute Gasteiger partial charge is 0.464 e. The SMILES string of the molecule is CCC(Cc1ccccc1)(c1ccc(N(C)CCOC(C)=O)cc1)N(C)C. The quantitative estimate of drug-likeness (QED) is 0.624. The van der Waals surface area contributed by atoms with Gasteiger partial charge in [0.05, 0.1) is 6.54 Å². The molecule has 4 heteroatoms. The third-order valence-corrected chi connectivity index (χ3v) is 5.36. The molecule has 0 aliphatic heterocycles. The van der Waals surface area contributed by atoms with Crippen molar-refractivity contribution in [2.45, 2.75) is 32.2 Å². The third-order valence-electron chi connectivity index (χ3n) is 5.36. The fraction of sp³-hybridized carbons (Fsp3) is 0.435. The van der Waals surface area contributed by atoms with Crippen LogP contribution < -0.4 is 4.90 Å². The molecule has 27 heavy (non-hydrogen) atoms. The molecule has 0 aliphatic rings. The van der Waals surface area contributed by atoms with E-state index in [0.29, 0.717) is 13.2 Å². The van der Waals surface area contributed by atoms with Crippen LogP contribution in [0, 0.1) is 0 Å². The maximum absolute atomic E-state index is 10.9. The number of hydrogen-bond donors (Lipinski definition) is 0. The molecule has 0 aliphatic carbocycles. The normalized spacial score (nSPS) is 13.3. The minimum Gasteiger partial charge on any atom is -0.464 e. The van der Waals surface area contributed by atoms with Gasteiger partial charge in [0, 0.05) is 25.2 Å². The van der Waals surface area contributed by atoms with E-state index in [-0.39, 0.29) is 11.5 Å². The highest BCUT2D eigenvalue weighted by Gasteiger charge is 2.33. The van der Waals surface area contributed by atoms with Crippen LogP contribution in [0.4, 0.5) is 5.69 Å². The Labute approximate surface area is 163 Å². The number of ether oxygens (including phenoxy) is 1. The van der Waals surface area contributed by atoms with Crippen molar-refractivity contribution in [3.8, 4) is 0 Å². The minimum absolute atomic E-state index is 0.0454. The highest BCUT2D eigenvalue weighted by Crippen LogP contribution is 2.35. The Morgan fingerprint density at radius 2 is 1.63 bits per heavy atom. The Bertz CT molecular complexity index is 713. The molecule has 0 saturated heterocycles. The van der Waals surface area contributed by atoms with Gasteiger partial charge in [0.2, 0.25) is 0 Å². The predicted octanol–water partition coefficient (Wildman–Crippen LogP) is 4.10. The highest BCUT2D eigenvalue weighted by molar-refractivity contribution is 5.65. The van der Waals surface area contributed by atoms with Crippen LogP contribution >= 0.6 is 0 Å². The number of carbonyl (C=O) groups is 1. The molecule has 1 atom stereocenters. The van der Waals surface area contributed by atoms with E-state index in [2.05, 4.69) is 85.4 Å². The van der Waals surface area contributed by atoms with Crippen molar-refractivity contribution in [2.75, 3.05) is 39.2 Å². The van der Waals surface area contributed by atoms with E-state index in [4.69, 9.17) is 4.74 Å². The summed E-state index contributed by atoms with van der Waals surface area (Å²) in [4.78, 5) is 15.4. The molecule has 0 heterocycles. The van der Waals surface area contributed by atoms with Crippen LogP contribution in [0.3, 0.4) is 0 Å². The fourth-order valence-electron chi connectivity index (χ4n) is 3.58. The number of nitrogens with zero attached hydrogens (tertiary/aromatic N) is 2. The number of anilines is 1. The summed E-state index contributed by atoms with van der Waals surface area (Å²) < 4.78 is 5.04. The molecule has 0 bridgehead atoms. The summed E-state index contributed by atoms with van der Waals surface area (Å²) in [5, 5.41) is 0. The van der Waals surface area contributed by atoms with Crippen LogP contribution in [0.5, 0.6) is 0 Å². The van der Waals surface area contributed by atoms with Gasteiger partial charge in [0.1, 0.15) is 6.61 Å². The Kier molecular flexibility index (Phi) is 7.43. The Hall–Kier alpha value is -2.33. The molecule has 0 fully saturated rings. The lowest BCUT2D eigenvalue weighted by Gasteiger charge is -2.40. The van der Waals surface area contributed by atoms with Crippen molar-refractivity contribution in [3.05, 3.63) is 65.7 Å². The van der Waals surface area contributed by atoms with Gasteiger partial charge >= 0.3 is 5.97 Å². The van der Waals surface area contributed by atoms with E-state index < -0.39 is 0 Å². The van der Waals surface area contributed by atoms with E-state index in [0.717, 1.165) is 18.5 Å². The zero-order valence-corrected chi connectivity index (χ0v) is 17.2. The first-order valence-electron chi connectivity index (χ1n) is 9.55. The van der Waals surface area contributed by atoms with Gasteiger partial charge in [0.25, 0.3) is 0 Å². The molecule has 2 aromatic carbocycles. The molecule has 0 radical (unpaired) electrons. The van der Waals surface area contributed by atoms with Gasteiger partial charge in [-0.1, -0.05) is 49.4 Å². The molecule has 0 N–H and O–H groups in total. The van der Waals surface area contributed by atoms with Crippen LogP contribution in [-0.4, -0.2) is 45.2 Å². The summed E-state index contributed by atoms with van der Waals surface area (Å²) in [7, 11) is 6.33. The standard InChI is InChI=1S/C23H32N2O2/c1-6-23(24(3)4,18-20-10-8-7-9-11-20)21-12-14-22(15-13-21)25(5)16-17-27-19(2)26/h7-15H,6,16-18H2,1-5H3. The maximum atomic E-state index is 10.9. The molecular weight excluding hydrogens is 336 g/mol. The van der Waals surface area contributed by atoms with Crippen molar-refractivity contribution < 1.29 is 9.53 Å². The van der Waals surface area contributed by atoms with Gasteiger partial charge in [-0.25, -0.2) is 0 Å². The Morgan fingerprint density at radius 3 is 2.15 bits per heavy atom. The Balaban J connectivity index is 2.20. The van der Waals surface area contributed by atoms with Crippen molar-refractivity contribution in [1.29, 1.82) is 0 Å². The molecule has 1 unspecified atom stereocenters. The number of esters is 1. The maximum Gasteiger partial charge on any atom is 0.302 e. The van der Waals surface area contributed by atoms with Crippen molar-refractivity contribution >= 4 is 11.7 Å². The number of carbonyl (C=O) groups excluding carboxylic acids is 1. The first kappa shape index (κ1) is 21.0. The summed E-state index contributed by atoms with van der Waals surface area (Å²) in [5.74, 6) is -0.238. The average molecular weight is 369 g/mol. The molecule has 0 amide bonds. The molecule has 4 nitrogen and oxygen atoms in total. The van der Waals surface area contributed by atoms with Crippen LogP contribution in [-0.2, 0) is 21.5 Å². The smallest absolute Gasteiger partial charge is 0.302 e. The number of likely N-dealkylation sites (N-methyl/N-ethyl adjacent to an activating group) is 2. The van der Waals surface area contributed by atoms with Gasteiger partial charge in [-0.3, -0.25) is 9.69 Å². The summed E-state index contributed by atoms with van der Waals surface area (Å²) in [5.41, 5.74) is 3.73. The summed E-state index contributed by atoms with van der Waals surface area (Å²) in [6, 6.07) is 19.4. The zero-order valence-electron chi connectivity index (χ0n) is 17.2. The van der Waals surface area contributed by atoms with E-state index in [1.807, 2.05) is 7.05 Å². The number of hydrogen-bond acceptors (Lipinski definition) is 4. The fourth-order valence-corrected chi connectivity index (χ4v) is 3.58. The van der Waals surface area contributed by atoms with E-state index in [9.17, 15) is 4.79 Å². The Morgan fingerprint density at radius 1 is 1.00 bits per heavy atom. The van der Waals surface area contributed by atoms with Gasteiger partial charge in [-0.15, -0.1) is 0 Å². The van der Waals surface area contributed by atoms with Crippen LogP contribution in [0.25, 0.3) is 0 Å². The topological polar surface area (TPSA) is 32.8 Å². The number of rotatable bonds is 9. The molecule has 2 aromatic rings. The second-order valence-corrected chi connectivity index (χ2v) is 7.25. The molecular formula is C23H32N2O2. The van der Waals surface area contributed by atoms with E-state index >= 15 is 0 Å². The summed E-state index contributed by atoms with van der Waals surface area (Å²) in [6.07, 6.45) is 2.00. The third kappa shape index (κ3) is 5.33. The highest BCUT2D eigenvalue weighted by atomic mass is 16.5. The molecule has 0 saturated carbocycles. The molecule has 146 valence electrons. The average Bonchev–Trinajstić information content (AvgIpc) is 2.66. The monoisotopic (exact) mass is 368 g/mol. The van der Waals surface area contributed by atoms with Gasteiger partial charge in [0.15, 0.2) is 0 Å². The summed E-state index contributed by atoms with van der Waals surface area (Å²) >= 11 is 0. The van der Waals surface area contributed by atoms with Crippen LogP contribution in [0.2, 0.25) is 0 Å². The van der Waals surface area contributed by atoms with Crippen molar-refractivity contribution in [1.82, 2.24) is 4.90 Å². The van der Waals surface area contributed by atoms with Gasteiger partial charge in [-0.2, -0.15) is 0 Å². The van der Waals surface area contributed by atoms with Crippen LogP contribution in [0.1, 0.15) is 31.4 Å². The second-order valence-electron chi connectivity index (χ2n) is 7.25. The molecule has 0 aromatic heterocycles. The van der Waals surface area contributed by atoms with E-state index in [1.54, 1.807) is 0 Å². The van der Waals surface area contributed by atoms with Gasteiger partial charge in [-0.05, 0) is 50.2 Å². The van der Waals surface area contributed by atoms with E-state index in [1.165, 1.54) is 18.1 Å². The number of benzene rings is 2. The second kappa shape index (κ2) is 9.56. The van der Waals surface area contributed by atoms with Crippen molar-refractivity contribution in [3.63, 3.8) is 0 Å². The first-order valence-corrected chi connectivity index (χ1v) is 9.55. The van der Waals surface area contributed by atoms with Crippen molar-refractivity contribution in [2.24, 2.45) is 0 Å². The summed E-state index contributed by atoms with van der Waals surface area (Å²) in [6.45, 7) is 4.77. The van der Waals surface area contributed by atoms with Crippen LogP contribution in [0.15, 0.2) is 54.6 Å². The van der Waals surface area contributed by atoms with Gasteiger partial charge < -0.3 is 9.64 Å². The lowest BCUT2D eigenvalue weighted by Crippen LogP contribution is -2.43. The zero-order chi connectivity index (χ0) is 19.9. The first-order chi connectivity index (χ1) is 12.9. The minimum atomic E-state index is -0.238. The molecule has 0 spiro atoms. The molecule has 2 rings (SSSR count).